The van der Waals surface area contributed by atoms with E-state index in [1.807, 2.05) is 31.2 Å². The van der Waals surface area contributed by atoms with Crippen molar-refractivity contribution in [3.63, 3.8) is 0 Å². The van der Waals surface area contributed by atoms with Crippen LogP contribution < -0.4 is 5.32 Å². The number of aryl methyl sites for hydroxylation is 1. The number of aromatic amines is 1. The summed E-state index contributed by atoms with van der Waals surface area (Å²) >= 11 is 6.13. The first-order chi connectivity index (χ1) is 9.75. The van der Waals surface area contributed by atoms with E-state index in [1.165, 1.54) is 0 Å². The number of fused-ring (bicyclic) bond motifs is 1. The molecule has 6 heteroatoms. The second-order valence-corrected chi connectivity index (χ2v) is 4.94. The van der Waals surface area contributed by atoms with E-state index >= 15 is 0 Å². The molecule has 0 aliphatic heterocycles. The summed E-state index contributed by atoms with van der Waals surface area (Å²) < 4.78 is 0. The van der Waals surface area contributed by atoms with Gasteiger partial charge in [0.2, 0.25) is 0 Å². The Morgan fingerprint density at radius 3 is 2.90 bits per heavy atom. The lowest BCUT2D eigenvalue weighted by atomic mass is 10.1. The smallest absolute Gasteiger partial charge is 0.157 e. The van der Waals surface area contributed by atoms with E-state index in [2.05, 4.69) is 25.5 Å². The predicted octanol–water partition coefficient (Wildman–Crippen LogP) is 2.97. The molecule has 2 aromatic heterocycles. The summed E-state index contributed by atoms with van der Waals surface area (Å²) in [4.78, 5) is 8.45. The van der Waals surface area contributed by atoms with Gasteiger partial charge in [0.05, 0.1) is 5.69 Å². The molecule has 102 valence electrons. The molecule has 0 saturated carbocycles. The molecule has 0 aliphatic carbocycles. The molecule has 3 aromatic rings. The van der Waals surface area contributed by atoms with Gasteiger partial charge in [-0.3, -0.25) is 5.10 Å². The van der Waals surface area contributed by atoms with Crippen molar-refractivity contribution in [1.29, 1.82) is 0 Å². The summed E-state index contributed by atoms with van der Waals surface area (Å²) in [5, 5.41) is 11.2. The van der Waals surface area contributed by atoms with Crippen molar-refractivity contribution >= 4 is 28.5 Å². The standard InChI is InChI=1S/C14H14ClN5/c1-9-12-13(20-19-9)14(18-8-17-12)16-7-6-10-4-2-3-5-11(10)15/h2-5,8H,6-7H2,1H3,(H,19,20)(H,16,17,18). The molecule has 0 fully saturated rings. The first-order valence-electron chi connectivity index (χ1n) is 6.38. The molecule has 5 nitrogen and oxygen atoms in total. The third kappa shape index (κ3) is 2.44. The zero-order chi connectivity index (χ0) is 13.9. The largest absolute Gasteiger partial charge is 0.368 e. The average molecular weight is 288 g/mol. The molecule has 2 heterocycles. The Morgan fingerprint density at radius 1 is 1.20 bits per heavy atom. The lowest BCUT2D eigenvalue weighted by Gasteiger charge is -2.07. The molecule has 0 radical (unpaired) electrons. The molecule has 0 bridgehead atoms. The van der Waals surface area contributed by atoms with Gasteiger partial charge in [-0.15, -0.1) is 0 Å². The van der Waals surface area contributed by atoms with Gasteiger partial charge in [0.25, 0.3) is 0 Å². The Labute approximate surface area is 121 Å². The van der Waals surface area contributed by atoms with E-state index in [4.69, 9.17) is 11.6 Å². The Kier molecular flexibility index (Phi) is 3.52. The predicted molar refractivity (Wildman–Crippen MR) is 80.1 cm³/mol. The minimum Gasteiger partial charge on any atom is -0.368 e. The van der Waals surface area contributed by atoms with Crippen LogP contribution in [-0.2, 0) is 6.42 Å². The van der Waals surface area contributed by atoms with Crippen LogP contribution in [0.1, 0.15) is 11.3 Å². The number of hydrogen-bond donors (Lipinski definition) is 2. The summed E-state index contributed by atoms with van der Waals surface area (Å²) in [5.74, 6) is 0.742. The molecule has 1 aromatic carbocycles. The Hall–Kier alpha value is -2.14. The van der Waals surface area contributed by atoms with Crippen LogP contribution in [0.15, 0.2) is 30.6 Å². The van der Waals surface area contributed by atoms with E-state index in [1.54, 1.807) is 6.33 Å². The van der Waals surface area contributed by atoms with Crippen molar-refractivity contribution in [2.45, 2.75) is 13.3 Å². The summed E-state index contributed by atoms with van der Waals surface area (Å²) in [5.41, 5.74) is 3.67. The zero-order valence-electron chi connectivity index (χ0n) is 11.0. The summed E-state index contributed by atoms with van der Waals surface area (Å²) in [6, 6.07) is 7.84. The van der Waals surface area contributed by atoms with Crippen LogP contribution in [-0.4, -0.2) is 26.7 Å². The van der Waals surface area contributed by atoms with Gasteiger partial charge in [-0.1, -0.05) is 29.8 Å². The highest BCUT2D eigenvalue weighted by molar-refractivity contribution is 6.31. The summed E-state index contributed by atoms with van der Waals surface area (Å²) in [6.07, 6.45) is 2.37. The minimum absolute atomic E-state index is 0.738. The summed E-state index contributed by atoms with van der Waals surface area (Å²) in [7, 11) is 0. The van der Waals surface area contributed by atoms with Gasteiger partial charge in [-0.05, 0) is 25.0 Å². The van der Waals surface area contributed by atoms with Crippen molar-refractivity contribution in [3.8, 4) is 0 Å². The van der Waals surface area contributed by atoms with E-state index < -0.39 is 0 Å². The van der Waals surface area contributed by atoms with Gasteiger partial charge in [-0.25, -0.2) is 9.97 Å². The van der Waals surface area contributed by atoms with Gasteiger partial charge >= 0.3 is 0 Å². The van der Waals surface area contributed by atoms with Gasteiger partial charge in [0.1, 0.15) is 11.8 Å². The van der Waals surface area contributed by atoms with Crippen molar-refractivity contribution in [2.24, 2.45) is 0 Å². The number of nitrogens with one attached hydrogen (secondary N) is 2. The van der Waals surface area contributed by atoms with Crippen LogP contribution in [0.25, 0.3) is 11.0 Å². The number of hydrogen-bond acceptors (Lipinski definition) is 4. The molecule has 0 aliphatic rings. The third-order valence-electron chi connectivity index (χ3n) is 3.16. The fraction of sp³-hybridized carbons (Fsp3) is 0.214. The highest BCUT2D eigenvalue weighted by atomic mass is 35.5. The van der Waals surface area contributed by atoms with Crippen LogP contribution in [0.4, 0.5) is 5.82 Å². The molecule has 2 N–H and O–H groups in total. The van der Waals surface area contributed by atoms with Gasteiger partial charge in [-0.2, -0.15) is 5.10 Å². The van der Waals surface area contributed by atoms with Crippen molar-refractivity contribution in [1.82, 2.24) is 20.2 Å². The maximum Gasteiger partial charge on any atom is 0.157 e. The normalized spacial score (nSPS) is 10.9. The van der Waals surface area contributed by atoms with Crippen LogP contribution >= 0.6 is 11.6 Å². The van der Waals surface area contributed by atoms with Crippen LogP contribution in [0.2, 0.25) is 5.02 Å². The Bertz CT molecular complexity index is 737. The van der Waals surface area contributed by atoms with E-state index in [9.17, 15) is 0 Å². The number of H-pyrrole nitrogens is 1. The number of rotatable bonds is 4. The van der Waals surface area contributed by atoms with E-state index in [0.29, 0.717) is 0 Å². The second kappa shape index (κ2) is 5.46. The van der Waals surface area contributed by atoms with Gasteiger partial charge in [0, 0.05) is 11.6 Å². The topological polar surface area (TPSA) is 66.5 Å². The van der Waals surface area contributed by atoms with E-state index in [0.717, 1.165) is 46.1 Å². The fourth-order valence-corrected chi connectivity index (χ4v) is 2.33. The van der Waals surface area contributed by atoms with Gasteiger partial charge < -0.3 is 5.32 Å². The van der Waals surface area contributed by atoms with E-state index in [-0.39, 0.29) is 0 Å². The molecule has 3 rings (SSSR count). The average Bonchev–Trinajstić information content (AvgIpc) is 2.84. The van der Waals surface area contributed by atoms with Crippen molar-refractivity contribution in [2.75, 3.05) is 11.9 Å². The molecular formula is C14H14ClN5. The Morgan fingerprint density at radius 2 is 2.05 bits per heavy atom. The molecule has 0 spiro atoms. The molecule has 0 unspecified atom stereocenters. The molecule has 20 heavy (non-hydrogen) atoms. The quantitative estimate of drug-likeness (QED) is 0.774. The fourth-order valence-electron chi connectivity index (χ4n) is 2.10. The number of aromatic nitrogens is 4. The monoisotopic (exact) mass is 287 g/mol. The number of halogens is 1. The van der Waals surface area contributed by atoms with Crippen LogP contribution in [0.5, 0.6) is 0 Å². The summed E-state index contributed by atoms with van der Waals surface area (Å²) in [6.45, 7) is 2.68. The third-order valence-corrected chi connectivity index (χ3v) is 3.53. The van der Waals surface area contributed by atoms with Crippen LogP contribution in [0, 0.1) is 6.92 Å². The lowest BCUT2D eigenvalue weighted by Crippen LogP contribution is -2.07. The molecular weight excluding hydrogens is 274 g/mol. The first kappa shape index (κ1) is 12.9. The number of nitrogens with zero attached hydrogens (tertiary/aromatic N) is 3. The number of benzene rings is 1. The highest BCUT2D eigenvalue weighted by Gasteiger charge is 2.08. The first-order valence-corrected chi connectivity index (χ1v) is 6.76. The van der Waals surface area contributed by atoms with Crippen molar-refractivity contribution in [3.05, 3.63) is 46.9 Å². The maximum absolute atomic E-state index is 6.13. The SMILES string of the molecule is Cc1[nH]nc2c(NCCc3ccccc3Cl)ncnc12. The highest BCUT2D eigenvalue weighted by Crippen LogP contribution is 2.19. The minimum atomic E-state index is 0.738. The van der Waals surface area contributed by atoms with Crippen LogP contribution in [0.3, 0.4) is 0 Å². The maximum atomic E-state index is 6.13. The molecule has 0 saturated heterocycles. The molecule has 0 atom stereocenters. The van der Waals surface area contributed by atoms with Gasteiger partial charge in [0.15, 0.2) is 11.3 Å². The zero-order valence-corrected chi connectivity index (χ0v) is 11.8. The van der Waals surface area contributed by atoms with Crippen molar-refractivity contribution < 1.29 is 0 Å². The second-order valence-electron chi connectivity index (χ2n) is 4.54. The Balaban J connectivity index is 1.73. The lowest BCUT2D eigenvalue weighted by molar-refractivity contribution is 1.00. The number of anilines is 1. The molecule has 0 amide bonds.